The molecule has 0 saturated carbocycles. The molecule has 1 aromatic carbocycles. The molecule has 0 aliphatic carbocycles. The maximum atomic E-state index is 13.9. The summed E-state index contributed by atoms with van der Waals surface area (Å²) in [7, 11) is 1.89. The normalized spacial score (nSPS) is 10.7. The monoisotopic (exact) mass is 328 g/mol. The second kappa shape index (κ2) is 5.80. The van der Waals surface area contributed by atoms with Crippen molar-refractivity contribution in [2.24, 2.45) is 0 Å². The smallest absolute Gasteiger partial charge is 0.146 e. The highest BCUT2D eigenvalue weighted by Crippen LogP contribution is 2.26. The van der Waals surface area contributed by atoms with Gasteiger partial charge in [-0.2, -0.15) is 0 Å². The Morgan fingerprint density at radius 1 is 1.44 bits per heavy atom. The second-order valence-corrected chi connectivity index (χ2v) is 5.72. The van der Waals surface area contributed by atoms with Crippen molar-refractivity contribution >= 4 is 33.0 Å². The lowest BCUT2D eigenvalue weighted by atomic mass is 10.1. The highest BCUT2D eigenvalue weighted by molar-refractivity contribution is 9.08. The molecule has 0 fully saturated rings. The number of alkyl halides is 1. The fraction of sp³-hybridized carbons (Fsp3) is 0.308. The number of aromatic nitrogens is 1. The average Bonchev–Trinajstić information content (AvgIpc) is 2.74. The van der Waals surface area contributed by atoms with E-state index in [0.717, 1.165) is 16.3 Å². The number of benzene rings is 1. The molecule has 5 heteroatoms. The van der Waals surface area contributed by atoms with Crippen LogP contribution in [0.1, 0.15) is 16.3 Å². The van der Waals surface area contributed by atoms with E-state index in [1.807, 2.05) is 30.3 Å². The van der Waals surface area contributed by atoms with E-state index in [1.165, 1.54) is 6.07 Å². The number of rotatable bonds is 4. The highest BCUT2D eigenvalue weighted by atomic mass is 79.9. The fourth-order valence-electron chi connectivity index (χ4n) is 1.90. The summed E-state index contributed by atoms with van der Waals surface area (Å²) in [5, 5.41) is 3.69. The molecule has 18 heavy (non-hydrogen) atoms. The third-order valence-electron chi connectivity index (χ3n) is 2.66. The summed E-state index contributed by atoms with van der Waals surface area (Å²) in [4.78, 5) is 6.31. The molecule has 1 heterocycles. The summed E-state index contributed by atoms with van der Waals surface area (Å²) in [6, 6.07) is 5.15. The van der Waals surface area contributed by atoms with Gasteiger partial charge in [-0.3, -0.25) is 0 Å². The Kier molecular flexibility index (Phi) is 4.35. The lowest BCUT2D eigenvalue weighted by Crippen LogP contribution is -2.19. The first-order valence-corrected chi connectivity index (χ1v) is 7.57. The number of thiazole rings is 1. The van der Waals surface area contributed by atoms with E-state index < -0.39 is 0 Å². The Bertz CT molecular complexity index is 542. The minimum atomic E-state index is -0.193. The fourth-order valence-corrected chi connectivity index (χ4v) is 2.95. The van der Waals surface area contributed by atoms with Crippen LogP contribution < -0.4 is 4.90 Å². The van der Waals surface area contributed by atoms with Gasteiger partial charge in [-0.1, -0.05) is 28.1 Å². The molecule has 0 amide bonds. The molecule has 0 unspecified atom stereocenters. The number of halogens is 2. The topological polar surface area (TPSA) is 16.1 Å². The minimum Gasteiger partial charge on any atom is -0.366 e. The lowest BCUT2D eigenvalue weighted by Gasteiger charge is -2.21. The first-order valence-electron chi connectivity index (χ1n) is 5.57. The SMILES string of the molecule is Cc1nc(CN(C)c2c(F)cccc2CBr)cs1. The van der Waals surface area contributed by atoms with Crippen LogP contribution in [0, 0.1) is 12.7 Å². The molecule has 2 rings (SSSR count). The molecule has 0 N–H and O–H groups in total. The molecule has 1 aromatic heterocycles. The predicted octanol–water partition coefficient (Wildman–Crippen LogP) is 4.12. The van der Waals surface area contributed by atoms with Crippen molar-refractivity contribution < 1.29 is 4.39 Å². The predicted molar refractivity (Wildman–Crippen MR) is 78.0 cm³/mol. The molecule has 2 aromatic rings. The van der Waals surface area contributed by atoms with Gasteiger partial charge < -0.3 is 4.90 Å². The number of nitrogens with zero attached hydrogens (tertiary/aromatic N) is 2. The van der Waals surface area contributed by atoms with Gasteiger partial charge in [0.2, 0.25) is 0 Å². The van der Waals surface area contributed by atoms with E-state index in [-0.39, 0.29) is 5.82 Å². The Hall–Kier alpha value is -0.940. The molecular formula is C13H14BrFN2S. The van der Waals surface area contributed by atoms with Crippen molar-refractivity contribution in [3.8, 4) is 0 Å². The van der Waals surface area contributed by atoms with Crippen LogP contribution in [0.2, 0.25) is 0 Å². The summed E-state index contributed by atoms with van der Waals surface area (Å²) >= 11 is 5.01. The van der Waals surface area contributed by atoms with Gasteiger partial charge in [-0.15, -0.1) is 11.3 Å². The summed E-state index contributed by atoms with van der Waals surface area (Å²) in [5.41, 5.74) is 2.56. The molecule has 0 saturated heterocycles. The van der Waals surface area contributed by atoms with Crippen molar-refractivity contribution in [3.63, 3.8) is 0 Å². The molecule has 0 aliphatic rings. The van der Waals surface area contributed by atoms with Crippen molar-refractivity contribution in [1.29, 1.82) is 0 Å². The summed E-state index contributed by atoms with van der Waals surface area (Å²) in [6.45, 7) is 2.59. The summed E-state index contributed by atoms with van der Waals surface area (Å²) in [6.07, 6.45) is 0. The third-order valence-corrected chi connectivity index (χ3v) is 4.09. The molecule has 0 aliphatic heterocycles. The number of hydrogen-bond donors (Lipinski definition) is 0. The zero-order valence-electron chi connectivity index (χ0n) is 10.3. The molecular weight excluding hydrogens is 315 g/mol. The van der Waals surface area contributed by atoms with Crippen LogP contribution in [-0.2, 0) is 11.9 Å². The van der Waals surface area contributed by atoms with Gasteiger partial charge in [-0.25, -0.2) is 9.37 Å². The maximum absolute atomic E-state index is 13.9. The zero-order valence-corrected chi connectivity index (χ0v) is 12.7. The van der Waals surface area contributed by atoms with E-state index in [1.54, 1.807) is 17.4 Å². The van der Waals surface area contributed by atoms with Crippen molar-refractivity contribution in [2.75, 3.05) is 11.9 Å². The minimum absolute atomic E-state index is 0.193. The van der Waals surface area contributed by atoms with Gasteiger partial charge in [-0.05, 0) is 18.6 Å². The van der Waals surface area contributed by atoms with E-state index >= 15 is 0 Å². The van der Waals surface area contributed by atoms with Gasteiger partial charge in [0.15, 0.2) is 0 Å². The van der Waals surface area contributed by atoms with E-state index in [0.29, 0.717) is 17.6 Å². The van der Waals surface area contributed by atoms with Crippen molar-refractivity contribution in [3.05, 3.63) is 45.7 Å². The van der Waals surface area contributed by atoms with Crippen LogP contribution in [0.25, 0.3) is 0 Å². The third kappa shape index (κ3) is 2.90. The standard InChI is InChI=1S/C13H14BrFN2S/c1-9-16-11(8-18-9)7-17(2)13-10(6-14)4-3-5-12(13)15/h3-5,8H,6-7H2,1-2H3. The van der Waals surface area contributed by atoms with Crippen molar-refractivity contribution in [1.82, 2.24) is 4.98 Å². The number of anilines is 1. The number of aryl methyl sites for hydroxylation is 1. The molecule has 0 atom stereocenters. The summed E-state index contributed by atoms with van der Waals surface area (Å²) in [5.74, 6) is -0.193. The maximum Gasteiger partial charge on any atom is 0.146 e. The van der Waals surface area contributed by atoms with Crippen LogP contribution in [0.3, 0.4) is 0 Å². The van der Waals surface area contributed by atoms with Crippen LogP contribution in [0.5, 0.6) is 0 Å². The largest absolute Gasteiger partial charge is 0.366 e. The quantitative estimate of drug-likeness (QED) is 0.785. The average molecular weight is 329 g/mol. The Labute approximate surface area is 119 Å². The van der Waals surface area contributed by atoms with Gasteiger partial charge in [0.05, 0.1) is 22.9 Å². The number of hydrogen-bond acceptors (Lipinski definition) is 3. The molecule has 0 bridgehead atoms. The van der Waals surface area contributed by atoms with Gasteiger partial charge in [0.25, 0.3) is 0 Å². The van der Waals surface area contributed by atoms with Crippen LogP contribution in [0.4, 0.5) is 10.1 Å². The van der Waals surface area contributed by atoms with Gasteiger partial charge in [0.1, 0.15) is 5.82 Å². The van der Waals surface area contributed by atoms with Gasteiger partial charge >= 0.3 is 0 Å². The van der Waals surface area contributed by atoms with Crippen molar-refractivity contribution in [2.45, 2.75) is 18.8 Å². The van der Waals surface area contributed by atoms with E-state index in [4.69, 9.17) is 0 Å². The van der Waals surface area contributed by atoms with Crippen LogP contribution >= 0.6 is 27.3 Å². The van der Waals surface area contributed by atoms with E-state index in [9.17, 15) is 4.39 Å². The lowest BCUT2D eigenvalue weighted by molar-refractivity contribution is 0.620. The summed E-state index contributed by atoms with van der Waals surface area (Å²) < 4.78 is 13.9. The zero-order chi connectivity index (χ0) is 13.1. The first-order chi connectivity index (χ1) is 8.61. The Balaban J connectivity index is 2.25. The number of para-hydroxylation sites is 1. The van der Waals surface area contributed by atoms with Gasteiger partial charge in [0, 0.05) is 17.8 Å². The Morgan fingerprint density at radius 3 is 2.83 bits per heavy atom. The molecule has 0 spiro atoms. The molecule has 96 valence electrons. The molecule has 0 radical (unpaired) electrons. The highest BCUT2D eigenvalue weighted by Gasteiger charge is 2.13. The second-order valence-electron chi connectivity index (χ2n) is 4.10. The first kappa shape index (κ1) is 13.5. The van der Waals surface area contributed by atoms with E-state index in [2.05, 4.69) is 20.9 Å². The molecule has 2 nitrogen and oxygen atoms in total. The van der Waals surface area contributed by atoms with Crippen LogP contribution in [0.15, 0.2) is 23.6 Å². The Morgan fingerprint density at radius 2 is 2.22 bits per heavy atom. The van der Waals surface area contributed by atoms with Crippen LogP contribution in [-0.4, -0.2) is 12.0 Å².